The molecular formula is C13H18FNOS. The summed E-state index contributed by atoms with van der Waals surface area (Å²) in [6.45, 7) is 3.72. The molecule has 0 aliphatic rings. The molecule has 0 heterocycles. The first kappa shape index (κ1) is 14.0. The molecule has 0 aliphatic heterocycles. The van der Waals surface area contributed by atoms with Crippen LogP contribution in [0.1, 0.15) is 29.3 Å². The molecule has 0 spiro atoms. The number of carbonyl (C=O) groups excluding carboxylic acids is 1. The van der Waals surface area contributed by atoms with E-state index in [-0.39, 0.29) is 17.8 Å². The van der Waals surface area contributed by atoms with E-state index in [9.17, 15) is 9.18 Å². The maximum atomic E-state index is 12.9. The van der Waals surface area contributed by atoms with E-state index in [2.05, 4.69) is 5.32 Å². The number of aryl methyl sites for hydroxylation is 1. The predicted octanol–water partition coefficient (Wildman–Crippen LogP) is 3.01. The van der Waals surface area contributed by atoms with Crippen molar-refractivity contribution in [2.75, 3.05) is 12.0 Å². The summed E-state index contributed by atoms with van der Waals surface area (Å²) in [5.41, 5.74) is 1.21. The van der Waals surface area contributed by atoms with Gasteiger partial charge in [-0.15, -0.1) is 0 Å². The zero-order valence-corrected chi connectivity index (χ0v) is 11.2. The van der Waals surface area contributed by atoms with Crippen LogP contribution in [0.3, 0.4) is 0 Å². The van der Waals surface area contributed by atoms with Crippen molar-refractivity contribution in [3.63, 3.8) is 0 Å². The van der Waals surface area contributed by atoms with Gasteiger partial charge in [-0.3, -0.25) is 4.79 Å². The van der Waals surface area contributed by atoms with Gasteiger partial charge in [0.25, 0.3) is 5.91 Å². The zero-order chi connectivity index (χ0) is 12.8. The number of rotatable bonds is 5. The molecule has 1 unspecified atom stereocenters. The minimum atomic E-state index is -0.311. The highest BCUT2D eigenvalue weighted by Gasteiger charge is 2.12. The Morgan fingerprint density at radius 2 is 2.24 bits per heavy atom. The molecule has 1 aromatic carbocycles. The van der Waals surface area contributed by atoms with Crippen LogP contribution in [0.2, 0.25) is 0 Å². The van der Waals surface area contributed by atoms with Crippen LogP contribution in [0.15, 0.2) is 18.2 Å². The number of amides is 1. The fraction of sp³-hybridized carbons (Fsp3) is 0.462. The molecule has 0 bridgehead atoms. The highest BCUT2D eigenvalue weighted by molar-refractivity contribution is 7.98. The Labute approximate surface area is 106 Å². The first-order valence-electron chi connectivity index (χ1n) is 5.60. The third-order valence-corrected chi connectivity index (χ3v) is 3.21. The average Bonchev–Trinajstić information content (AvgIpc) is 2.26. The molecule has 0 aliphatic carbocycles. The number of nitrogens with one attached hydrogen (secondary N) is 1. The topological polar surface area (TPSA) is 29.1 Å². The molecule has 1 atom stereocenters. The second-order valence-corrected chi connectivity index (χ2v) is 5.10. The van der Waals surface area contributed by atoms with Crippen LogP contribution in [0.4, 0.5) is 4.39 Å². The Morgan fingerprint density at radius 1 is 1.53 bits per heavy atom. The highest BCUT2D eigenvalue weighted by atomic mass is 32.2. The van der Waals surface area contributed by atoms with E-state index >= 15 is 0 Å². The first-order valence-corrected chi connectivity index (χ1v) is 7.00. The SMILES string of the molecule is CSCCC(C)NC(=O)c1ccc(F)cc1C. The molecule has 94 valence electrons. The summed E-state index contributed by atoms with van der Waals surface area (Å²) in [7, 11) is 0. The fourth-order valence-corrected chi connectivity index (χ4v) is 2.14. The number of benzene rings is 1. The molecular weight excluding hydrogens is 237 g/mol. The highest BCUT2D eigenvalue weighted by Crippen LogP contribution is 2.10. The molecule has 2 nitrogen and oxygen atoms in total. The third kappa shape index (κ3) is 4.38. The minimum Gasteiger partial charge on any atom is -0.350 e. The number of hydrogen-bond donors (Lipinski definition) is 1. The standard InChI is InChI=1S/C13H18FNOS/c1-9-8-11(14)4-5-12(9)13(16)15-10(2)6-7-17-3/h4-5,8,10H,6-7H2,1-3H3,(H,15,16). The maximum Gasteiger partial charge on any atom is 0.251 e. The van der Waals surface area contributed by atoms with Crippen LogP contribution in [0.25, 0.3) is 0 Å². The lowest BCUT2D eigenvalue weighted by molar-refractivity contribution is 0.0939. The summed E-state index contributed by atoms with van der Waals surface area (Å²) in [5.74, 6) is 0.578. The second kappa shape index (κ2) is 6.64. The average molecular weight is 255 g/mol. The first-order chi connectivity index (χ1) is 8.04. The Kier molecular flexibility index (Phi) is 5.48. The number of halogens is 1. The van der Waals surface area contributed by atoms with Gasteiger partial charge in [-0.2, -0.15) is 11.8 Å². The van der Waals surface area contributed by atoms with Crippen molar-refractivity contribution in [1.82, 2.24) is 5.32 Å². The Balaban J connectivity index is 2.63. The molecule has 1 aromatic rings. The van der Waals surface area contributed by atoms with Crippen LogP contribution >= 0.6 is 11.8 Å². The quantitative estimate of drug-likeness (QED) is 0.876. The minimum absolute atomic E-state index is 0.129. The van der Waals surface area contributed by atoms with Crippen molar-refractivity contribution in [3.8, 4) is 0 Å². The van der Waals surface area contributed by atoms with Gasteiger partial charge in [0, 0.05) is 11.6 Å². The van der Waals surface area contributed by atoms with Crippen molar-refractivity contribution in [2.24, 2.45) is 0 Å². The molecule has 0 aromatic heterocycles. The molecule has 17 heavy (non-hydrogen) atoms. The Bertz CT molecular complexity index is 395. The van der Waals surface area contributed by atoms with Crippen molar-refractivity contribution in [3.05, 3.63) is 35.1 Å². The molecule has 1 amide bonds. The largest absolute Gasteiger partial charge is 0.350 e. The lowest BCUT2D eigenvalue weighted by atomic mass is 10.1. The van der Waals surface area contributed by atoms with E-state index in [1.165, 1.54) is 18.2 Å². The summed E-state index contributed by atoms with van der Waals surface area (Å²) in [4.78, 5) is 11.9. The molecule has 0 radical (unpaired) electrons. The fourth-order valence-electron chi connectivity index (χ4n) is 1.55. The van der Waals surface area contributed by atoms with E-state index in [4.69, 9.17) is 0 Å². The Morgan fingerprint density at radius 3 is 2.82 bits per heavy atom. The van der Waals surface area contributed by atoms with Gasteiger partial charge in [-0.05, 0) is 56.0 Å². The van der Waals surface area contributed by atoms with Crippen LogP contribution in [0.5, 0.6) is 0 Å². The Hall–Kier alpha value is -1.03. The van der Waals surface area contributed by atoms with Gasteiger partial charge in [0.05, 0.1) is 0 Å². The van der Waals surface area contributed by atoms with E-state index in [1.807, 2.05) is 13.2 Å². The summed E-state index contributed by atoms with van der Waals surface area (Å²) in [5, 5.41) is 2.92. The molecule has 4 heteroatoms. The number of hydrogen-bond acceptors (Lipinski definition) is 2. The molecule has 0 saturated heterocycles. The summed E-state index contributed by atoms with van der Waals surface area (Å²) in [6.07, 6.45) is 2.98. The number of carbonyl (C=O) groups is 1. The van der Waals surface area contributed by atoms with Crippen molar-refractivity contribution in [1.29, 1.82) is 0 Å². The van der Waals surface area contributed by atoms with Gasteiger partial charge in [-0.1, -0.05) is 0 Å². The van der Waals surface area contributed by atoms with Gasteiger partial charge in [-0.25, -0.2) is 4.39 Å². The van der Waals surface area contributed by atoms with E-state index in [0.29, 0.717) is 11.1 Å². The second-order valence-electron chi connectivity index (χ2n) is 4.12. The van der Waals surface area contributed by atoms with Crippen molar-refractivity contribution < 1.29 is 9.18 Å². The predicted molar refractivity (Wildman–Crippen MR) is 71.1 cm³/mol. The van der Waals surface area contributed by atoms with E-state index < -0.39 is 0 Å². The van der Waals surface area contributed by atoms with Gasteiger partial charge in [0.15, 0.2) is 0 Å². The molecule has 1 N–H and O–H groups in total. The van der Waals surface area contributed by atoms with Crippen LogP contribution in [-0.2, 0) is 0 Å². The summed E-state index contributed by atoms with van der Waals surface area (Å²) >= 11 is 1.76. The lowest BCUT2D eigenvalue weighted by Crippen LogP contribution is -2.33. The van der Waals surface area contributed by atoms with Crippen LogP contribution < -0.4 is 5.32 Å². The van der Waals surface area contributed by atoms with Crippen molar-refractivity contribution >= 4 is 17.7 Å². The van der Waals surface area contributed by atoms with Crippen LogP contribution in [-0.4, -0.2) is 24.0 Å². The van der Waals surface area contributed by atoms with E-state index in [0.717, 1.165) is 12.2 Å². The normalized spacial score (nSPS) is 12.2. The third-order valence-electron chi connectivity index (χ3n) is 2.57. The van der Waals surface area contributed by atoms with Crippen molar-refractivity contribution in [2.45, 2.75) is 26.3 Å². The monoisotopic (exact) mass is 255 g/mol. The number of thioether (sulfide) groups is 1. The van der Waals surface area contributed by atoms with Crippen LogP contribution in [0, 0.1) is 12.7 Å². The molecule has 0 saturated carbocycles. The van der Waals surface area contributed by atoms with Gasteiger partial charge in [0.2, 0.25) is 0 Å². The zero-order valence-electron chi connectivity index (χ0n) is 10.4. The van der Waals surface area contributed by atoms with Gasteiger partial charge in [0.1, 0.15) is 5.82 Å². The maximum absolute atomic E-state index is 12.9. The molecule has 0 fully saturated rings. The summed E-state index contributed by atoms with van der Waals surface area (Å²) in [6, 6.07) is 4.36. The van der Waals surface area contributed by atoms with Gasteiger partial charge >= 0.3 is 0 Å². The molecule has 1 rings (SSSR count). The lowest BCUT2D eigenvalue weighted by Gasteiger charge is -2.14. The van der Waals surface area contributed by atoms with E-state index in [1.54, 1.807) is 18.7 Å². The summed E-state index contributed by atoms with van der Waals surface area (Å²) < 4.78 is 12.9. The van der Waals surface area contributed by atoms with Gasteiger partial charge < -0.3 is 5.32 Å². The smallest absolute Gasteiger partial charge is 0.251 e.